The second-order valence-electron chi connectivity index (χ2n) is 11.3. The van der Waals surface area contributed by atoms with Crippen molar-refractivity contribution in [1.29, 1.82) is 0 Å². The third-order valence-electron chi connectivity index (χ3n) is 9.00. The van der Waals surface area contributed by atoms with Crippen LogP contribution in [0.5, 0.6) is 11.5 Å². The molecule has 3 nitrogen and oxygen atoms in total. The molecule has 202 valence electrons. The highest BCUT2D eigenvalue weighted by Gasteiger charge is 2.50. The lowest BCUT2D eigenvalue weighted by molar-refractivity contribution is 0.436. The summed E-state index contributed by atoms with van der Waals surface area (Å²) in [6.45, 7) is 0. The van der Waals surface area contributed by atoms with E-state index in [4.69, 9.17) is 14.7 Å². The molecule has 0 N–H and O–H groups in total. The number of fused-ring (bicyclic) bond motifs is 10. The molecular formula is C40H26N2O. The van der Waals surface area contributed by atoms with Crippen LogP contribution in [0.25, 0.3) is 39.8 Å². The van der Waals surface area contributed by atoms with Gasteiger partial charge in [0.1, 0.15) is 11.5 Å². The Hall–Kier alpha value is -5.54. The van der Waals surface area contributed by atoms with Crippen molar-refractivity contribution < 1.29 is 4.74 Å². The topological polar surface area (TPSA) is 35.0 Å². The van der Waals surface area contributed by atoms with Gasteiger partial charge >= 0.3 is 0 Å². The molecule has 1 aromatic heterocycles. The van der Waals surface area contributed by atoms with Gasteiger partial charge in [-0.15, -0.1) is 0 Å². The normalized spacial score (nSPS) is 14.6. The fourth-order valence-electron chi connectivity index (χ4n) is 7.20. The Kier molecular flexibility index (Phi) is 5.17. The molecule has 3 heteroatoms. The molecule has 1 aliphatic heterocycles. The number of hydrogen-bond acceptors (Lipinski definition) is 3. The van der Waals surface area contributed by atoms with Crippen molar-refractivity contribution >= 4 is 6.08 Å². The van der Waals surface area contributed by atoms with E-state index >= 15 is 0 Å². The number of ether oxygens (including phenoxy) is 1. The zero-order valence-corrected chi connectivity index (χ0v) is 23.4. The second-order valence-corrected chi connectivity index (χ2v) is 11.3. The maximum Gasteiger partial charge on any atom is 0.160 e. The summed E-state index contributed by atoms with van der Waals surface area (Å²) in [6, 6.07) is 43.0. The van der Waals surface area contributed by atoms with E-state index in [9.17, 15) is 0 Å². The SMILES string of the molecule is C1=CCc2nc(-c3ccccc3)nc(-c3ccc4c(c3)-c3ccccc3C43c4ccccc4Oc4ccccc43)c2C=C1. The van der Waals surface area contributed by atoms with Crippen molar-refractivity contribution in [3.63, 3.8) is 0 Å². The summed E-state index contributed by atoms with van der Waals surface area (Å²) >= 11 is 0. The minimum Gasteiger partial charge on any atom is -0.457 e. The van der Waals surface area contributed by atoms with E-state index in [2.05, 4.69) is 127 Å². The third kappa shape index (κ3) is 3.42. The Bertz CT molecular complexity index is 2100. The van der Waals surface area contributed by atoms with Gasteiger partial charge < -0.3 is 4.74 Å². The zero-order valence-electron chi connectivity index (χ0n) is 23.4. The van der Waals surface area contributed by atoms with Crippen LogP contribution in [0.3, 0.4) is 0 Å². The Morgan fingerprint density at radius 2 is 1.23 bits per heavy atom. The average Bonchev–Trinajstić information content (AvgIpc) is 3.17. The van der Waals surface area contributed by atoms with Gasteiger partial charge in [0.15, 0.2) is 5.82 Å². The van der Waals surface area contributed by atoms with Crippen LogP contribution in [0, 0.1) is 0 Å². The molecule has 2 heterocycles. The van der Waals surface area contributed by atoms with Gasteiger partial charge in [-0.1, -0.05) is 127 Å². The van der Waals surface area contributed by atoms with Gasteiger partial charge in [0.2, 0.25) is 0 Å². The molecule has 1 spiro atoms. The molecular weight excluding hydrogens is 524 g/mol. The van der Waals surface area contributed by atoms with Crippen LogP contribution in [0.2, 0.25) is 0 Å². The Balaban J connectivity index is 1.33. The molecule has 0 fully saturated rings. The molecule has 5 aromatic carbocycles. The number of allylic oxidation sites excluding steroid dienone is 3. The number of aromatic nitrogens is 2. The number of rotatable bonds is 2. The smallest absolute Gasteiger partial charge is 0.160 e. The molecule has 6 aromatic rings. The van der Waals surface area contributed by atoms with E-state index in [-0.39, 0.29) is 0 Å². The quantitative estimate of drug-likeness (QED) is 0.215. The number of para-hydroxylation sites is 2. The maximum atomic E-state index is 6.49. The highest BCUT2D eigenvalue weighted by Crippen LogP contribution is 2.62. The predicted octanol–water partition coefficient (Wildman–Crippen LogP) is 9.40. The van der Waals surface area contributed by atoms with Crippen LogP contribution in [-0.4, -0.2) is 9.97 Å². The summed E-state index contributed by atoms with van der Waals surface area (Å²) in [7, 11) is 0. The van der Waals surface area contributed by atoms with E-state index in [0.717, 1.165) is 51.8 Å². The molecule has 0 unspecified atom stereocenters. The first-order valence-corrected chi connectivity index (χ1v) is 14.7. The molecule has 0 bridgehead atoms. The molecule has 0 atom stereocenters. The minimum absolute atomic E-state index is 0.475. The van der Waals surface area contributed by atoms with Gasteiger partial charge in [-0.3, -0.25) is 0 Å². The van der Waals surface area contributed by atoms with Gasteiger partial charge in [0, 0.05) is 34.2 Å². The first-order valence-electron chi connectivity index (χ1n) is 14.7. The van der Waals surface area contributed by atoms with Crippen molar-refractivity contribution in [3.05, 3.63) is 173 Å². The van der Waals surface area contributed by atoms with E-state index in [1.54, 1.807) is 0 Å². The lowest BCUT2D eigenvalue weighted by Crippen LogP contribution is -2.32. The fraction of sp³-hybridized carbons (Fsp3) is 0.0500. The van der Waals surface area contributed by atoms with Crippen molar-refractivity contribution in [3.8, 4) is 45.3 Å². The lowest BCUT2D eigenvalue weighted by Gasteiger charge is -2.39. The summed E-state index contributed by atoms with van der Waals surface area (Å²) < 4.78 is 6.49. The van der Waals surface area contributed by atoms with E-state index in [1.807, 2.05) is 18.2 Å². The molecule has 43 heavy (non-hydrogen) atoms. The Morgan fingerprint density at radius 3 is 2.02 bits per heavy atom. The van der Waals surface area contributed by atoms with Crippen LogP contribution in [-0.2, 0) is 11.8 Å². The van der Waals surface area contributed by atoms with Gasteiger partial charge in [-0.25, -0.2) is 9.97 Å². The van der Waals surface area contributed by atoms with Crippen molar-refractivity contribution in [2.24, 2.45) is 0 Å². The van der Waals surface area contributed by atoms with E-state index < -0.39 is 5.41 Å². The number of benzene rings is 5. The van der Waals surface area contributed by atoms with Gasteiger partial charge in [-0.2, -0.15) is 0 Å². The average molecular weight is 551 g/mol. The zero-order chi connectivity index (χ0) is 28.4. The lowest BCUT2D eigenvalue weighted by atomic mass is 9.66. The fourth-order valence-corrected chi connectivity index (χ4v) is 7.20. The maximum absolute atomic E-state index is 6.49. The third-order valence-corrected chi connectivity index (χ3v) is 9.00. The van der Waals surface area contributed by atoms with Crippen LogP contribution in [0.15, 0.2) is 140 Å². The van der Waals surface area contributed by atoms with Gasteiger partial charge in [0.05, 0.1) is 16.8 Å². The first-order chi connectivity index (χ1) is 21.3. The van der Waals surface area contributed by atoms with E-state index in [0.29, 0.717) is 0 Å². The summed E-state index contributed by atoms with van der Waals surface area (Å²) in [5.41, 5.74) is 12.1. The predicted molar refractivity (Wildman–Crippen MR) is 172 cm³/mol. The molecule has 0 saturated carbocycles. The molecule has 9 rings (SSSR count). The monoisotopic (exact) mass is 550 g/mol. The minimum atomic E-state index is -0.475. The van der Waals surface area contributed by atoms with Crippen molar-refractivity contribution in [1.82, 2.24) is 9.97 Å². The standard InChI is InChI=1S/C40H26N2O/c1-3-13-26(14-4-1)39-41-35-20-6-2-5-16-29(35)38(42-39)27-23-24-32-30(25-27)28-15-7-8-17-31(28)40(32)33-18-9-11-21-36(33)43-37-22-12-10-19-34(37)40/h1-19,21-25H,20H2. The summed E-state index contributed by atoms with van der Waals surface area (Å²) in [5.74, 6) is 2.56. The van der Waals surface area contributed by atoms with Crippen molar-refractivity contribution in [2.75, 3.05) is 0 Å². The summed E-state index contributed by atoms with van der Waals surface area (Å²) in [5, 5.41) is 0. The van der Waals surface area contributed by atoms with Crippen LogP contribution >= 0.6 is 0 Å². The molecule has 0 saturated heterocycles. The van der Waals surface area contributed by atoms with Crippen LogP contribution in [0.1, 0.15) is 33.5 Å². The van der Waals surface area contributed by atoms with Gasteiger partial charge in [0.25, 0.3) is 0 Å². The Labute approximate surface area is 250 Å². The molecule has 0 amide bonds. The summed E-state index contributed by atoms with van der Waals surface area (Å²) in [6.07, 6.45) is 9.26. The highest BCUT2D eigenvalue weighted by molar-refractivity contribution is 5.91. The number of nitrogens with zero attached hydrogens (tertiary/aromatic N) is 2. The second kappa shape index (κ2) is 9.23. The van der Waals surface area contributed by atoms with E-state index in [1.165, 1.54) is 33.4 Å². The molecule has 2 aliphatic carbocycles. The number of hydrogen-bond donors (Lipinski definition) is 0. The van der Waals surface area contributed by atoms with Crippen LogP contribution < -0.4 is 4.74 Å². The van der Waals surface area contributed by atoms with Crippen LogP contribution in [0.4, 0.5) is 0 Å². The van der Waals surface area contributed by atoms with Crippen molar-refractivity contribution in [2.45, 2.75) is 11.8 Å². The largest absolute Gasteiger partial charge is 0.457 e. The van der Waals surface area contributed by atoms with Gasteiger partial charge in [-0.05, 0) is 40.5 Å². The first kappa shape index (κ1) is 24.1. The highest BCUT2D eigenvalue weighted by atomic mass is 16.5. The Morgan fingerprint density at radius 1 is 0.558 bits per heavy atom. The molecule has 0 radical (unpaired) electrons. The summed E-state index contributed by atoms with van der Waals surface area (Å²) in [4.78, 5) is 10.2. The molecule has 3 aliphatic rings.